The molecule has 1 saturated carbocycles. The average Bonchev–Trinajstić information content (AvgIpc) is 3.08. The maximum Gasteiger partial charge on any atom is 0.226 e. The van der Waals surface area contributed by atoms with Crippen LogP contribution in [-0.4, -0.2) is 67.2 Å². The molecule has 0 bridgehead atoms. The first-order valence-corrected chi connectivity index (χ1v) is 8.10. The standard InChI is InChI=1S/C15H27N3O2.2ClH/c16-13-4-3-12(10-13)15(19)18-5-1-2-14(18)11-17-6-8-20-9-7-17;;/h12-14H,1-11,16H2;2*1H. The summed E-state index contributed by atoms with van der Waals surface area (Å²) in [5, 5.41) is 0. The highest BCUT2D eigenvalue weighted by atomic mass is 35.5. The molecule has 0 aromatic carbocycles. The second-order valence-corrected chi connectivity index (χ2v) is 6.51. The summed E-state index contributed by atoms with van der Waals surface area (Å²) in [5.74, 6) is 0.559. The topological polar surface area (TPSA) is 58.8 Å². The number of halogens is 2. The van der Waals surface area contributed by atoms with Gasteiger partial charge < -0.3 is 15.4 Å². The zero-order valence-corrected chi connectivity index (χ0v) is 14.7. The molecule has 3 aliphatic rings. The van der Waals surface area contributed by atoms with Crippen molar-refractivity contribution in [2.45, 2.75) is 44.2 Å². The van der Waals surface area contributed by atoms with Crippen LogP contribution in [0.4, 0.5) is 0 Å². The summed E-state index contributed by atoms with van der Waals surface area (Å²) >= 11 is 0. The van der Waals surface area contributed by atoms with Crippen LogP contribution >= 0.6 is 24.8 Å². The van der Waals surface area contributed by atoms with Gasteiger partial charge in [0.25, 0.3) is 0 Å². The van der Waals surface area contributed by atoms with Crippen LogP contribution in [0.15, 0.2) is 0 Å². The molecule has 5 nitrogen and oxygen atoms in total. The second-order valence-electron chi connectivity index (χ2n) is 6.51. The van der Waals surface area contributed by atoms with Gasteiger partial charge in [0.05, 0.1) is 13.2 Å². The molecule has 130 valence electrons. The number of rotatable bonds is 3. The molecule has 2 N–H and O–H groups in total. The summed E-state index contributed by atoms with van der Waals surface area (Å²) in [6, 6.07) is 0.654. The SMILES string of the molecule is Cl.Cl.NC1CCC(C(=O)N2CCCC2CN2CCOCC2)C1. The van der Waals surface area contributed by atoms with Gasteiger partial charge in [-0.05, 0) is 32.1 Å². The number of hydrogen-bond donors (Lipinski definition) is 1. The average molecular weight is 354 g/mol. The number of nitrogens with two attached hydrogens (primary N) is 1. The molecule has 1 amide bonds. The fraction of sp³-hybridized carbons (Fsp3) is 0.933. The first-order chi connectivity index (χ1) is 9.74. The van der Waals surface area contributed by atoms with Gasteiger partial charge in [0.2, 0.25) is 5.91 Å². The largest absolute Gasteiger partial charge is 0.379 e. The minimum Gasteiger partial charge on any atom is -0.379 e. The van der Waals surface area contributed by atoms with E-state index in [0.29, 0.717) is 11.9 Å². The van der Waals surface area contributed by atoms with Crippen molar-refractivity contribution < 1.29 is 9.53 Å². The first kappa shape index (κ1) is 20.0. The van der Waals surface area contributed by atoms with Crippen LogP contribution in [0.2, 0.25) is 0 Å². The van der Waals surface area contributed by atoms with E-state index >= 15 is 0 Å². The van der Waals surface area contributed by atoms with Crippen LogP contribution in [-0.2, 0) is 9.53 Å². The highest BCUT2D eigenvalue weighted by Crippen LogP contribution is 2.29. The molecular weight excluding hydrogens is 325 g/mol. The van der Waals surface area contributed by atoms with E-state index in [0.717, 1.165) is 71.5 Å². The van der Waals surface area contributed by atoms with E-state index in [4.69, 9.17) is 10.5 Å². The summed E-state index contributed by atoms with van der Waals surface area (Å²) in [7, 11) is 0. The van der Waals surface area contributed by atoms with E-state index in [1.807, 2.05) is 0 Å². The molecule has 0 radical (unpaired) electrons. The zero-order chi connectivity index (χ0) is 13.9. The maximum atomic E-state index is 12.7. The fourth-order valence-electron chi connectivity index (χ4n) is 3.87. The van der Waals surface area contributed by atoms with E-state index in [2.05, 4.69) is 9.80 Å². The Hall–Kier alpha value is -0.0700. The lowest BCUT2D eigenvalue weighted by Crippen LogP contribution is -2.48. The Bertz CT molecular complexity index is 354. The van der Waals surface area contributed by atoms with Gasteiger partial charge in [-0.3, -0.25) is 9.69 Å². The van der Waals surface area contributed by atoms with Gasteiger partial charge in [-0.1, -0.05) is 0 Å². The predicted octanol–water partition coefficient (Wildman–Crippen LogP) is 1.28. The molecule has 3 atom stereocenters. The number of carbonyl (C=O) groups excluding carboxylic acids is 1. The summed E-state index contributed by atoms with van der Waals surface area (Å²) in [5.41, 5.74) is 5.95. The molecule has 2 aliphatic heterocycles. The lowest BCUT2D eigenvalue weighted by molar-refractivity contribution is -0.136. The highest BCUT2D eigenvalue weighted by Gasteiger charge is 2.36. The van der Waals surface area contributed by atoms with Crippen molar-refractivity contribution >= 4 is 30.7 Å². The van der Waals surface area contributed by atoms with Gasteiger partial charge in [-0.15, -0.1) is 24.8 Å². The van der Waals surface area contributed by atoms with E-state index in [1.165, 1.54) is 0 Å². The van der Waals surface area contributed by atoms with Crippen molar-refractivity contribution in [3.05, 3.63) is 0 Å². The normalized spacial score (nSPS) is 32.4. The van der Waals surface area contributed by atoms with Crippen LogP contribution in [0.25, 0.3) is 0 Å². The number of morpholine rings is 1. The molecule has 2 saturated heterocycles. The number of likely N-dealkylation sites (tertiary alicyclic amines) is 1. The number of nitrogens with zero attached hydrogens (tertiary/aromatic N) is 2. The molecule has 3 rings (SSSR count). The van der Waals surface area contributed by atoms with Crippen molar-refractivity contribution in [1.82, 2.24) is 9.80 Å². The van der Waals surface area contributed by atoms with E-state index in [9.17, 15) is 4.79 Å². The molecular formula is C15H29Cl2N3O2. The van der Waals surface area contributed by atoms with Gasteiger partial charge in [0.15, 0.2) is 0 Å². The molecule has 2 heterocycles. The molecule has 0 aromatic heterocycles. The van der Waals surface area contributed by atoms with Crippen molar-refractivity contribution in [3.8, 4) is 0 Å². The summed E-state index contributed by atoms with van der Waals surface area (Å²) < 4.78 is 5.40. The Morgan fingerprint density at radius 1 is 1.09 bits per heavy atom. The maximum absolute atomic E-state index is 12.7. The van der Waals surface area contributed by atoms with Gasteiger partial charge in [-0.25, -0.2) is 0 Å². The van der Waals surface area contributed by atoms with Crippen LogP contribution < -0.4 is 5.73 Å². The lowest BCUT2D eigenvalue weighted by Gasteiger charge is -2.34. The summed E-state index contributed by atoms with van der Waals surface area (Å²) in [4.78, 5) is 17.3. The third-order valence-corrected chi connectivity index (χ3v) is 5.06. The Balaban J connectivity index is 0.00000121. The van der Waals surface area contributed by atoms with Crippen LogP contribution in [0.5, 0.6) is 0 Å². The zero-order valence-electron chi connectivity index (χ0n) is 13.1. The van der Waals surface area contributed by atoms with Gasteiger partial charge in [0, 0.05) is 44.2 Å². The monoisotopic (exact) mass is 353 g/mol. The van der Waals surface area contributed by atoms with Crippen LogP contribution in [0, 0.1) is 5.92 Å². The Labute approximate surface area is 145 Å². The third kappa shape index (κ3) is 4.71. The number of ether oxygens (including phenoxy) is 1. The summed E-state index contributed by atoms with van der Waals surface area (Å²) in [6.45, 7) is 5.64. The smallest absolute Gasteiger partial charge is 0.226 e. The van der Waals surface area contributed by atoms with Gasteiger partial charge in [0.1, 0.15) is 0 Å². The van der Waals surface area contributed by atoms with Crippen molar-refractivity contribution in [3.63, 3.8) is 0 Å². The minimum atomic E-state index is 0. The molecule has 0 aromatic rings. The minimum absolute atomic E-state index is 0. The quantitative estimate of drug-likeness (QED) is 0.830. The summed E-state index contributed by atoms with van der Waals surface area (Å²) in [6.07, 6.45) is 5.19. The Kier molecular flexibility index (Phi) is 8.43. The van der Waals surface area contributed by atoms with Crippen molar-refractivity contribution in [2.24, 2.45) is 11.7 Å². The molecule has 7 heteroatoms. The second kappa shape index (κ2) is 9.28. The third-order valence-electron chi connectivity index (χ3n) is 5.06. The van der Waals surface area contributed by atoms with Crippen molar-refractivity contribution in [1.29, 1.82) is 0 Å². The number of amides is 1. The van der Waals surface area contributed by atoms with E-state index < -0.39 is 0 Å². The molecule has 22 heavy (non-hydrogen) atoms. The van der Waals surface area contributed by atoms with Gasteiger partial charge in [-0.2, -0.15) is 0 Å². The Morgan fingerprint density at radius 2 is 1.82 bits per heavy atom. The molecule has 0 spiro atoms. The lowest BCUT2D eigenvalue weighted by atomic mass is 10.1. The molecule has 3 unspecified atom stereocenters. The van der Waals surface area contributed by atoms with E-state index in [1.54, 1.807) is 0 Å². The number of hydrogen-bond acceptors (Lipinski definition) is 4. The van der Waals surface area contributed by atoms with Crippen LogP contribution in [0.3, 0.4) is 0 Å². The molecule has 1 aliphatic carbocycles. The first-order valence-electron chi connectivity index (χ1n) is 8.10. The van der Waals surface area contributed by atoms with Gasteiger partial charge >= 0.3 is 0 Å². The number of carbonyl (C=O) groups is 1. The van der Waals surface area contributed by atoms with Crippen LogP contribution in [0.1, 0.15) is 32.1 Å². The molecule has 3 fully saturated rings. The predicted molar refractivity (Wildman–Crippen MR) is 91.8 cm³/mol. The van der Waals surface area contributed by atoms with E-state index in [-0.39, 0.29) is 36.8 Å². The highest BCUT2D eigenvalue weighted by molar-refractivity contribution is 5.85. The fourth-order valence-corrected chi connectivity index (χ4v) is 3.87. The Morgan fingerprint density at radius 3 is 2.45 bits per heavy atom. The van der Waals surface area contributed by atoms with Crippen molar-refractivity contribution in [2.75, 3.05) is 39.4 Å².